The lowest BCUT2D eigenvalue weighted by Gasteiger charge is -2.25. The zero-order valence-electron chi connectivity index (χ0n) is 11.8. The Bertz CT molecular complexity index is 629. The van der Waals surface area contributed by atoms with Crippen LogP contribution in [0.25, 0.3) is 0 Å². The van der Waals surface area contributed by atoms with Crippen molar-refractivity contribution < 1.29 is 17.6 Å². The molecule has 0 atom stereocenters. The number of benzene rings is 1. The van der Waals surface area contributed by atoms with Gasteiger partial charge in [-0.15, -0.1) is 0 Å². The summed E-state index contributed by atoms with van der Waals surface area (Å²) in [5, 5.41) is 0. The molecule has 1 rings (SSSR count). The second kappa shape index (κ2) is 6.10. The Labute approximate surface area is 123 Å². The van der Waals surface area contributed by atoms with Crippen LogP contribution in [0, 0.1) is 12.7 Å². The van der Waals surface area contributed by atoms with Crippen LogP contribution in [0.2, 0.25) is 0 Å². The summed E-state index contributed by atoms with van der Waals surface area (Å²) in [6, 6.07) is 2.26. The fraction of sp³-hybridized carbons (Fsp3) is 0.462. The van der Waals surface area contributed by atoms with Crippen molar-refractivity contribution in [3.8, 4) is 0 Å². The summed E-state index contributed by atoms with van der Waals surface area (Å²) in [5.41, 5.74) is 0.175. The van der Waals surface area contributed by atoms with Crippen molar-refractivity contribution in [2.75, 3.05) is 6.54 Å². The zero-order valence-corrected chi connectivity index (χ0v) is 13.3. The van der Waals surface area contributed by atoms with E-state index in [1.807, 2.05) is 20.8 Å². The molecule has 0 radical (unpaired) electrons. The maximum atomic E-state index is 13.8. The van der Waals surface area contributed by atoms with Crippen LogP contribution in [0.5, 0.6) is 0 Å². The third-order valence-corrected chi connectivity index (χ3v) is 4.28. The maximum Gasteiger partial charge on any atom is 0.264 e. The number of halogens is 2. The molecule has 112 valence electrons. The second-order valence-electron chi connectivity index (χ2n) is 4.73. The standard InChI is InChI=1S/C13H17ClFNO3S/c1-5-16(8(2)3)13(17)10-6-9(4)12(15)11(7-10)20(14,18)19/h6-8H,5H2,1-4H3. The smallest absolute Gasteiger partial charge is 0.264 e. The van der Waals surface area contributed by atoms with Gasteiger partial charge < -0.3 is 4.90 Å². The van der Waals surface area contributed by atoms with E-state index in [2.05, 4.69) is 0 Å². The molecule has 1 aromatic carbocycles. The Balaban J connectivity index is 3.42. The van der Waals surface area contributed by atoms with E-state index in [1.165, 1.54) is 13.0 Å². The van der Waals surface area contributed by atoms with Crippen molar-refractivity contribution in [2.24, 2.45) is 0 Å². The fourth-order valence-corrected chi connectivity index (χ4v) is 2.93. The van der Waals surface area contributed by atoms with E-state index in [-0.39, 0.29) is 23.1 Å². The van der Waals surface area contributed by atoms with E-state index >= 15 is 0 Å². The minimum Gasteiger partial charge on any atom is -0.337 e. The molecule has 0 spiro atoms. The largest absolute Gasteiger partial charge is 0.337 e. The van der Waals surface area contributed by atoms with Crippen LogP contribution in [0.15, 0.2) is 17.0 Å². The number of nitrogens with zero attached hydrogens (tertiary/aromatic N) is 1. The first-order chi connectivity index (χ1) is 9.09. The lowest BCUT2D eigenvalue weighted by Crippen LogP contribution is -2.36. The number of carbonyl (C=O) groups excluding carboxylic acids is 1. The fourth-order valence-electron chi connectivity index (χ4n) is 1.95. The predicted octanol–water partition coefficient (Wildman–Crippen LogP) is 2.93. The summed E-state index contributed by atoms with van der Waals surface area (Å²) in [6.45, 7) is 7.36. The molecular formula is C13H17ClFNO3S. The van der Waals surface area contributed by atoms with Gasteiger partial charge in [-0.1, -0.05) is 0 Å². The molecule has 7 heteroatoms. The number of aryl methyl sites for hydroxylation is 1. The highest BCUT2D eigenvalue weighted by Crippen LogP contribution is 2.24. The van der Waals surface area contributed by atoms with Crippen molar-refractivity contribution in [1.82, 2.24) is 4.90 Å². The van der Waals surface area contributed by atoms with Crippen molar-refractivity contribution in [3.05, 3.63) is 29.1 Å². The minimum atomic E-state index is -4.24. The van der Waals surface area contributed by atoms with E-state index in [1.54, 1.807) is 4.90 Å². The molecule has 0 bridgehead atoms. The van der Waals surface area contributed by atoms with E-state index in [0.29, 0.717) is 6.54 Å². The Kier molecular flexibility index (Phi) is 5.15. The summed E-state index contributed by atoms with van der Waals surface area (Å²) >= 11 is 0. The van der Waals surface area contributed by atoms with E-state index in [0.717, 1.165) is 6.07 Å². The molecule has 0 heterocycles. The van der Waals surface area contributed by atoms with Gasteiger partial charge in [0, 0.05) is 28.8 Å². The monoisotopic (exact) mass is 321 g/mol. The van der Waals surface area contributed by atoms with E-state index < -0.39 is 19.8 Å². The third kappa shape index (κ3) is 3.49. The average molecular weight is 322 g/mol. The Hall–Kier alpha value is -1.14. The van der Waals surface area contributed by atoms with Crippen LogP contribution in [-0.2, 0) is 9.05 Å². The molecule has 0 aliphatic heterocycles. The van der Waals surface area contributed by atoms with Crippen molar-refractivity contribution in [1.29, 1.82) is 0 Å². The molecule has 0 saturated heterocycles. The van der Waals surface area contributed by atoms with Crippen LogP contribution in [0.3, 0.4) is 0 Å². The number of hydrogen-bond donors (Lipinski definition) is 0. The summed E-state index contributed by atoms with van der Waals surface area (Å²) in [5.74, 6) is -1.28. The van der Waals surface area contributed by atoms with Gasteiger partial charge in [0.2, 0.25) is 0 Å². The first-order valence-corrected chi connectivity index (χ1v) is 8.46. The van der Waals surface area contributed by atoms with Crippen molar-refractivity contribution >= 4 is 25.6 Å². The average Bonchev–Trinajstić information content (AvgIpc) is 2.31. The highest BCUT2D eigenvalue weighted by molar-refractivity contribution is 8.13. The van der Waals surface area contributed by atoms with E-state index in [9.17, 15) is 17.6 Å². The molecule has 1 aromatic rings. The Morgan fingerprint density at radius 3 is 2.35 bits per heavy atom. The lowest BCUT2D eigenvalue weighted by molar-refractivity contribution is 0.0716. The summed E-state index contributed by atoms with van der Waals surface area (Å²) < 4.78 is 36.5. The van der Waals surface area contributed by atoms with Gasteiger partial charge >= 0.3 is 0 Å². The maximum absolute atomic E-state index is 13.8. The second-order valence-corrected chi connectivity index (χ2v) is 7.26. The van der Waals surface area contributed by atoms with Gasteiger partial charge in [0.1, 0.15) is 10.7 Å². The molecule has 0 saturated carbocycles. The minimum absolute atomic E-state index is 0.0473. The zero-order chi connectivity index (χ0) is 15.7. The highest BCUT2D eigenvalue weighted by Gasteiger charge is 2.24. The van der Waals surface area contributed by atoms with Gasteiger partial charge in [0.05, 0.1) is 0 Å². The van der Waals surface area contributed by atoms with Gasteiger partial charge in [-0.2, -0.15) is 0 Å². The van der Waals surface area contributed by atoms with Crippen LogP contribution in [0.4, 0.5) is 4.39 Å². The highest BCUT2D eigenvalue weighted by atomic mass is 35.7. The molecule has 0 N–H and O–H groups in total. The molecule has 0 aliphatic carbocycles. The van der Waals surface area contributed by atoms with Crippen molar-refractivity contribution in [3.63, 3.8) is 0 Å². The number of carbonyl (C=O) groups is 1. The number of hydrogen-bond acceptors (Lipinski definition) is 3. The molecule has 0 fully saturated rings. The first kappa shape index (κ1) is 16.9. The number of amides is 1. The first-order valence-electron chi connectivity index (χ1n) is 6.15. The van der Waals surface area contributed by atoms with Gasteiger partial charge in [-0.25, -0.2) is 12.8 Å². The van der Waals surface area contributed by atoms with Gasteiger partial charge in [0.25, 0.3) is 15.0 Å². The van der Waals surface area contributed by atoms with Crippen LogP contribution >= 0.6 is 10.7 Å². The molecular weight excluding hydrogens is 305 g/mol. The molecule has 0 aromatic heterocycles. The quantitative estimate of drug-likeness (QED) is 0.801. The van der Waals surface area contributed by atoms with Gasteiger partial charge in [-0.3, -0.25) is 4.79 Å². The summed E-state index contributed by atoms with van der Waals surface area (Å²) in [4.78, 5) is 13.2. The molecule has 1 amide bonds. The molecule has 4 nitrogen and oxygen atoms in total. The Morgan fingerprint density at radius 2 is 1.95 bits per heavy atom. The Morgan fingerprint density at radius 1 is 1.40 bits per heavy atom. The van der Waals surface area contributed by atoms with Crippen LogP contribution < -0.4 is 0 Å². The van der Waals surface area contributed by atoms with E-state index in [4.69, 9.17) is 10.7 Å². The number of rotatable bonds is 4. The normalized spacial score (nSPS) is 11.8. The predicted molar refractivity (Wildman–Crippen MR) is 76.0 cm³/mol. The molecule has 0 aliphatic rings. The SMILES string of the molecule is CCN(C(=O)c1cc(C)c(F)c(S(=O)(=O)Cl)c1)C(C)C. The van der Waals surface area contributed by atoms with Crippen LogP contribution in [0.1, 0.15) is 36.7 Å². The van der Waals surface area contributed by atoms with Crippen molar-refractivity contribution in [2.45, 2.75) is 38.6 Å². The lowest BCUT2D eigenvalue weighted by atomic mass is 10.1. The summed E-state index contributed by atoms with van der Waals surface area (Å²) in [6.07, 6.45) is 0. The third-order valence-electron chi connectivity index (χ3n) is 2.96. The summed E-state index contributed by atoms with van der Waals surface area (Å²) in [7, 11) is 0.958. The topological polar surface area (TPSA) is 54.5 Å². The van der Waals surface area contributed by atoms with Gasteiger partial charge in [-0.05, 0) is 45.4 Å². The van der Waals surface area contributed by atoms with Gasteiger partial charge in [0.15, 0.2) is 0 Å². The molecule has 20 heavy (non-hydrogen) atoms. The van der Waals surface area contributed by atoms with Crippen LogP contribution in [-0.4, -0.2) is 31.8 Å². The molecule has 0 unspecified atom stereocenters.